The van der Waals surface area contributed by atoms with Crippen molar-refractivity contribution in [2.45, 2.75) is 27.2 Å². The van der Waals surface area contributed by atoms with E-state index in [0.29, 0.717) is 18.9 Å². The van der Waals surface area contributed by atoms with Gasteiger partial charge in [0.1, 0.15) is 6.61 Å². The number of carbonyl (C=O) groups is 1. The summed E-state index contributed by atoms with van der Waals surface area (Å²) in [4.78, 5) is 12.0. The third-order valence-corrected chi connectivity index (χ3v) is 4.59. The van der Waals surface area contributed by atoms with Crippen LogP contribution >= 0.6 is 0 Å². The van der Waals surface area contributed by atoms with Gasteiger partial charge in [0.25, 0.3) is 6.47 Å². The number of nitrogens with zero attached hydrogens (tertiary/aromatic N) is 1. The Balaban J connectivity index is 0. The molecule has 1 saturated heterocycles. The lowest BCUT2D eigenvalue weighted by Crippen LogP contribution is -2.53. The molecule has 0 amide bonds. The van der Waals surface area contributed by atoms with Gasteiger partial charge in [0.2, 0.25) is 0 Å². The maximum atomic E-state index is 9.72. The Morgan fingerprint density at radius 3 is 2.48 bits per heavy atom. The van der Waals surface area contributed by atoms with Gasteiger partial charge >= 0.3 is 0 Å². The molecule has 0 aromatic heterocycles. The van der Waals surface area contributed by atoms with E-state index in [2.05, 4.69) is 42.1 Å². The first-order chi connectivity index (χ1) is 12.9. The SMILES string of the molecule is C=C/C=C(\C=C)COC=O.CC.CN/C=C(\N)C1(CN)CN(C)CCC1C. The van der Waals surface area contributed by atoms with Crippen molar-refractivity contribution >= 4 is 6.47 Å². The van der Waals surface area contributed by atoms with Gasteiger partial charge in [-0.2, -0.15) is 0 Å². The fourth-order valence-electron chi connectivity index (χ4n) is 2.92. The first-order valence-electron chi connectivity index (χ1n) is 9.43. The number of allylic oxidation sites excluding steroid dienone is 2. The lowest BCUT2D eigenvalue weighted by Gasteiger charge is -2.46. The van der Waals surface area contributed by atoms with Gasteiger partial charge < -0.3 is 26.4 Å². The fraction of sp³-hybridized carbons (Fsp3) is 0.571. The number of rotatable bonds is 8. The summed E-state index contributed by atoms with van der Waals surface area (Å²) in [6.45, 7) is 16.6. The highest BCUT2D eigenvalue weighted by atomic mass is 16.5. The number of likely N-dealkylation sites (tertiary alicyclic amines) is 1. The Kier molecular flexibility index (Phi) is 16.3. The van der Waals surface area contributed by atoms with Gasteiger partial charge in [-0.15, -0.1) is 0 Å². The summed E-state index contributed by atoms with van der Waals surface area (Å²) in [5.74, 6) is 0.545. The second-order valence-electron chi connectivity index (χ2n) is 6.26. The molecule has 1 fully saturated rings. The molecule has 2 atom stereocenters. The molecule has 0 radical (unpaired) electrons. The quantitative estimate of drug-likeness (QED) is 0.442. The number of carbonyl (C=O) groups excluding carboxylic acids is 1. The van der Waals surface area contributed by atoms with Gasteiger partial charge in [-0.3, -0.25) is 4.79 Å². The van der Waals surface area contributed by atoms with E-state index in [1.54, 1.807) is 18.2 Å². The minimum atomic E-state index is -0.0595. The van der Waals surface area contributed by atoms with Crippen LogP contribution in [0.15, 0.2) is 48.9 Å². The molecule has 0 spiro atoms. The Morgan fingerprint density at radius 2 is 2.04 bits per heavy atom. The fourth-order valence-corrected chi connectivity index (χ4v) is 2.92. The Labute approximate surface area is 166 Å². The summed E-state index contributed by atoms with van der Waals surface area (Å²) >= 11 is 0. The lowest BCUT2D eigenvalue weighted by molar-refractivity contribution is -0.127. The molecule has 156 valence electrons. The molecule has 1 aliphatic rings. The van der Waals surface area contributed by atoms with E-state index in [-0.39, 0.29) is 12.0 Å². The predicted octanol–water partition coefficient (Wildman–Crippen LogP) is 2.41. The second kappa shape index (κ2) is 16.1. The Bertz CT molecular complexity index is 489. The summed E-state index contributed by atoms with van der Waals surface area (Å²) in [5, 5.41) is 3.00. The van der Waals surface area contributed by atoms with Gasteiger partial charge in [-0.25, -0.2) is 0 Å². The van der Waals surface area contributed by atoms with Crippen LogP contribution in [0.25, 0.3) is 0 Å². The maximum absolute atomic E-state index is 9.72. The van der Waals surface area contributed by atoms with E-state index in [1.165, 1.54) is 0 Å². The molecule has 6 heteroatoms. The molecule has 27 heavy (non-hydrogen) atoms. The summed E-state index contributed by atoms with van der Waals surface area (Å²) in [6.07, 6.45) is 8.00. The van der Waals surface area contributed by atoms with Crippen LogP contribution in [-0.4, -0.2) is 51.7 Å². The molecular formula is C21H40N4O2. The van der Waals surface area contributed by atoms with Crippen molar-refractivity contribution in [2.24, 2.45) is 22.8 Å². The molecule has 0 saturated carbocycles. The molecular weight excluding hydrogens is 340 g/mol. The standard InChI is InChI=1S/C11H24N4.C8H10O2.C2H6/c1-9-4-5-15(3)8-11(9,7-12)10(13)6-14-2;1-3-5-8(4-2)6-10-7-9;1-2/h6,9,14H,4-5,7-8,12-13H2,1-3H3;3-5,7H,1-2,6H2;1-2H3/b10-6-;8-5+;. The van der Waals surface area contributed by atoms with Crippen molar-refractivity contribution in [1.82, 2.24) is 10.2 Å². The van der Waals surface area contributed by atoms with Crippen molar-refractivity contribution in [3.05, 3.63) is 48.9 Å². The summed E-state index contributed by atoms with van der Waals surface area (Å²) in [5.41, 5.74) is 13.8. The van der Waals surface area contributed by atoms with Gasteiger partial charge in [0, 0.05) is 37.4 Å². The number of nitrogens with one attached hydrogen (secondary N) is 1. The zero-order valence-electron chi connectivity index (χ0n) is 17.8. The number of nitrogens with two attached hydrogens (primary N) is 2. The minimum absolute atomic E-state index is 0.0595. The highest BCUT2D eigenvalue weighted by molar-refractivity contribution is 5.38. The molecule has 0 aliphatic carbocycles. The number of piperidine rings is 1. The normalized spacial score (nSPS) is 23.0. The van der Waals surface area contributed by atoms with Crippen molar-refractivity contribution in [1.29, 1.82) is 0 Å². The molecule has 1 heterocycles. The second-order valence-corrected chi connectivity index (χ2v) is 6.26. The molecule has 0 aromatic carbocycles. The van der Waals surface area contributed by atoms with E-state index in [9.17, 15) is 4.79 Å². The van der Waals surface area contributed by atoms with E-state index < -0.39 is 0 Å². The average molecular weight is 381 g/mol. The van der Waals surface area contributed by atoms with Crippen LogP contribution in [0, 0.1) is 11.3 Å². The molecule has 1 aliphatic heterocycles. The third-order valence-electron chi connectivity index (χ3n) is 4.59. The van der Waals surface area contributed by atoms with E-state index in [1.807, 2.05) is 27.1 Å². The maximum Gasteiger partial charge on any atom is 0.293 e. The molecule has 2 unspecified atom stereocenters. The van der Waals surface area contributed by atoms with E-state index >= 15 is 0 Å². The molecule has 0 aromatic rings. The smallest absolute Gasteiger partial charge is 0.293 e. The Morgan fingerprint density at radius 1 is 1.41 bits per heavy atom. The zero-order valence-corrected chi connectivity index (χ0v) is 17.8. The lowest BCUT2D eigenvalue weighted by atomic mass is 9.70. The minimum Gasteiger partial charge on any atom is -0.463 e. The van der Waals surface area contributed by atoms with Crippen LogP contribution < -0.4 is 16.8 Å². The summed E-state index contributed by atoms with van der Waals surface area (Å²) < 4.78 is 4.47. The molecule has 6 nitrogen and oxygen atoms in total. The topological polar surface area (TPSA) is 93.6 Å². The van der Waals surface area contributed by atoms with Crippen LogP contribution in [0.1, 0.15) is 27.2 Å². The molecule has 1 rings (SSSR count). The molecule has 5 N–H and O–H groups in total. The van der Waals surface area contributed by atoms with E-state index in [0.717, 1.165) is 30.8 Å². The van der Waals surface area contributed by atoms with Crippen LogP contribution in [0.2, 0.25) is 0 Å². The average Bonchev–Trinajstić information content (AvgIpc) is 2.69. The highest BCUT2D eigenvalue weighted by Crippen LogP contribution is 2.38. The van der Waals surface area contributed by atoms with Crippen LogP contribution in [-0.2, 0) is 9.53 Å². The monoisotopic (exact) mass is 380 g/mol. The Hall–Kier alpha value is -2.05. The largest absolute Gasteiger partial charge is 0.463 e. The van der Waals surface area contributed by atoms with Gasteiger partial charge in [0.15, 0.2) is 0 Å². The van der Waals surface area contributed by atoms with Gasteiger partial charge in [-0.1, -0.05) is 52.2 Å². The highest BCUT2D eigenvalue weighted by Gasteiger charge is 2.41. The van der Waals surface area contributed by atoms with E-state index in [4.69, 9.17) is 11.5 Å². The van der Waals surface area contributed by atoms with Gasteiger partial charge in [-0.05, 0) is 31.5 Å². The third kappa shape index (κ3) is 9.45. The number of hydrogen-bond donors (Lipinski definition) is 3. The molecule has 0 bridgehead atoms. The van der Waals surface area contributed by atoms with Crippen molar-refractivity contribution in [2.75, 3.05) is 40.3 Å². The first-order valence-corrected chi connectivity index (χ1v) is 9.43. The van der Waals surface area contributed by atoms with Crippen LogP contribution in [0.5, 0.6) is 0 Å². The summed E-state index contributed by atoms with van der Waals surface area (Å²) in [7, 11) is 4.00. The first kappa shape index (κ1) is 27.2. The van der Waals surface area contributed by atoms with Crippen molar-refractivity contribution in [3.8, 4) is 0 Å². The number of hydrogen-bond acceptors (Lipinski definition) is 6. The van der Waals surface area contributed by atoms with Crippen molar-refractivity contribution in [3.63, 3.8) is 0 Å². The zero-order chi connectivity index (χ0) is 21.3. The van der Waals surface area contributed by atoms with Crippen molar-refractivity contribution < 1.29 is 9.53 Å². The number of ether oxygens (including phenoxy) is 1. The van der Waals surface area contributed by atoms with Gasteiger partial charge in [0.05, 0.1) is 0 Å². The van der Waals surface area contributed by atoms with Crippen LogP contribution in [0.4, 0.5) is 0 Å². The van der Waals surface area contributed by atoms with Crippen LogP contribution in [0.3, 0.4) is 0 Å². The summed E-state index contributed by atoms with van der Waals surface area (Å²) in [6, 6.07) is 0. The predicted molar refractivity (Wildman–Crippen MR) is 116 cm³/mol.